The summed E-state index contributed by atoms with van der Waals surface area (Å²) in [7, 11) is 0. The number of benzene rings is 1. The molecule has 1 unspecified atom stereocenters. The van der Waals surface area contributed by atoms with E-state index in [1.54, 1.807) is 29.2 Å². The molecule has 0 radical (unpaired) electrons. The summed E-state index contributed by atoms with van der Waals surface area (Å²) < 4.78 is 0. The predicted octanol–water partition coefficient (Wildman–Crippen LogP) is 0.634. The second-order valence-corrected chi connectivity index (χ2v) is 5.23. The Morgan fingerprint density at radius 1 is 1.53 bits per heavy atom. The van der Waals surface area contributed by atoms with Crippen molar-refractivity contribution >= 4 is 11.6 Å². The number of piperazine rings is 1. The number of carbonyl (C=O) groups is 1. The molecule has 0 aromatic heterocycles. The summed E-state index contributed by atoms with van der Waals surface area (Å²) in [6.45, 7) is 4.17. The average molecular weight is 259 g/mol. The van der Waals surface area contributed by atoms with E-state index in [4.69, 9.17) is 0 Å². The van der Waals surface area contributed by atoms with Crippen molar-refractivity contribution < 1.29 is 9.90 Å². The standard InChI is InChI=1S/C14H17N3O2/c1-14(2)9-16-11(8-18)13(19)17(14)12-6-4-3-5-10(12)7-15/h3-6,11,16,18H,8-9H2,1-2H3. The summed E-state index contributed by atoms with van der Waals surface area (Å²) in [5.41, 5.74) is 0.609. The topological polar surface area (TPSA) is 76.4 Å². The maximum Gasteiger partial charge on any atom is 0.247 e. The van der Waals surface area contributed by atoms with Gasteiger partial charge in [-0.15, -0.1) is 0 Å². The van der Waals surface area contributed by atoms with Crippen molar-refractivity contribution in [2.45, 2.75) is 25.4 Å². The summed E-state index contributed by atoms with van der Waals surface area (Å²) in [4.78, 5) is 14.0. The third kappa shape index (κ3) is 2.33. The third-order valence-electron chi connectivity index (χ3n) is 3.35. The van der Waals surface area contributed by atoms with Gasteiger partial charge in [-0.3, -0.25) is 4.79 Å². The van der Waals surface area contributed by atoms with Gasteiger partial charge in [0, 0.05) is 6.54 Å². The highest BCUT2D eigenvalue weighted by atomic mass is 16.3. The molecule has 5 nitrogen and oxygen atoms in total. The van der Waals surface area contributed by atoms with Gasteiger partial charge in [-0.25, -0.2) is 0 Å². The first-order valence-electron chi connectivity index (χ1n) is 6.18. The van der Waals surface area contributed by atoms with Crippen molar-refractivity contribution in [1.29, 1.82) is 5.26 Å². The summed E-state index contributed by atoms with van der Waals surface area (Å²) in [5, 5.41) is 21.4. The number of nitrogens with one attached hydrogen (secondary N) is 1. The van der Waals surface area contributed by atoms with E-state index < -0.39 is 11.6 Å². The van der Waals surface area contributed by atoms with Crippen molar-refractivity contribution in [2.24, 2.45) is 0 Å². The average Bonchev–Trinajstić information content (AvgIpc) is 2.39. The van der Waals surface area contributed by atoms with Crippen molar-refractivity contribution in [3.63, 3.8) is 0 Å². The van der Waals surface area contributed by atoms with Gasteiger partial charge in [0.1, 0.15) is 12.1 Å². The zero-order valence-electron chi connectivity index (χ0n) is 11.1. The highest BCUT2D eigenvalue weighted by Gasteiger charge is 2.41. The van der Waals surface area contributed by atoms with E-state index in [2.05, 4.69) is 11.4 Å². The first-order valence-corrected chi connectivity index (χ1v) is 6.18. The molecule has 1 fully saturated rings. The van der Waals surface area contributed by atoms with Gasteiger partial charge in [-0.1, -0.05) is 12.1 Å². The van der Waals surface area contributed by atoms with E-state index in [-0.39, 0.29) is 12.5 Å². The second-order valence-electron chi connectivity index (χ2n) is 5.23. The van der Waals surface area contributed by atoms with Gasteiger partial charge in [-0.2, -0.15) is 5.26 Å². The number of hydrogen-bond acceptors (Lipinski definition) is 4. The minimum absolute atomic E-state index is 0.207. The lowest BCUT2D eigenvalue weighted by atomic mass is 9.95. The fourth-order valence-electron chi connectivity index (χ4n) is 2.34. The zero-order valence-corrected chi connectivity index (χ0v) is 11.1. The number of anilines is 1. The maximum absolute atomic E-state index is 12.4. The number of nitriles is 1. The molecule has 19 heavy (non-hydrogen) atoms. The first-order chi connectivity index (χ1) is 9.01. The molecule has 1 amide bonds. The van der Waals surface area contributed by atoms with Crippen molar-refractivity contribution in [3.8, 4) is 6.07 Å². The maximum atomic E-state index is 12.4. The lowest BCUT2D eigenvalue weighted by Gasteiger charge is -2.45. The molecule has 1 aromatic rings. The Labute approximate surface area is 112 Å². The van der Waals surface area contributed by atoms with E-state index in [9.17, 15) is 15.2 Å². The molecule has 1 heterocycles. The fraction of sp³-hybridized carbons (Fsp3) is 0.429. The van der Waals surface area contributed by atoms with Gasteiger partial charge in [0.25, 0.3) is 0 Å². The highest BCUT2D eigenvalue weighted by Crippen LogP contribution is 2.30. The summed E-state index contributed by atoms with van der Waals surface area (Å²) in [6.07, 6.45) is 0. The minimum atomic E-state index is -0.611. The van der Waals surface area contributed by atoms with Crippen molar-refractivity contribution in [2.75, 3.05) is 18.1 Å². The quantitative estimate of drug-likeness (QED) is 0.817. The number of rotatable bonds is 2. The molecule has 1 aromatic carbocycles. The molecule has 1 aliphatic heterocycles. The number of carbonyl (C=O) groups excluding carboxylic acids is 1. The van der Waals surface area contributed by atoms with Crippen LogP contribution in [0, 0.1) is 11.3 Å². The van der Waals surface area contributed by atoms with Crippen LogP contribution in [0.5, 0.6) is 0 Å². The Morgan fingerprint density at radius 2 is 2.21 bits per heavy atom. The Hall–Kier alpha value is -1.90. The molecule has 0 bridgehead atoms. The van der Waals surface area contributed by atoms with Crippen LogP contribution in [0.4, 0.5) is 5.69 Å². The molecule has 1 atom stereocenters. The number of amides is 1. The Kier molecular flexibility index (Phi) is 3.56. The number of aliphatic hydroxyl groups excluding tert-OH is 1. The van der Waals surface area contributed by atoms with Crippen LogP contribution in [0.15, 0.2) is 24.3 Å². The van der Waals surface area contributed by atoms with Gasteiger partial charge in [0.2, 0.25) is 5.91 Å². The zero-order chi connectivity index (χ0) is 14.0. The molecular weight excluding hydrogens is 242 g/mol. The molecular formula is C14H17N3O2. The highest BCUT2D eigenvalue weighted by molar-refractivity contribution is 6.00. The smallest absolute Gasteiger partial charge is 0.247 e. The van der Waals surface area contributed by atoms with Crippen molar-refractivity contribution in [3.05, 3.63) is 29.8 Å². The number of nitrogens with zero attached hydrogens (tertiary/aromatic N) is 2. The van der Waals surface area contributed by atoms with Crippen LogP contribution in [0.3, 0.4) is 0 Å². The van der Waals surface area contributed by atoms with Crippen LogP contribution >= 0.6 is 0 Å². The number of hydrogen-bond donors (Lipinski definition) is 2. The Bertz CT molecular complexity index is 534. The Balaban J connectivity index is 2.50. The lowest BCUT2D eigenvalue weighted by molar-refractivity contribution is -0.124. The molecule has 0 spiro atoms. The van der Waals surface area contributed by atoms with Crippen LogP contribution in [0.1, 0.15) is 19.4 Å². The van der Waals surface area contributed by atoms with Crippen LogP contribution in [0.25, 0.3) is 0 Å². The number of aliphatic hydroxyl groups is 1. The Morgan fingerprint density at radius 3 is 2.84 bits per heavy atom. The first kappa shape index (κ1) is 13.5. The monoisotopic (exact) mass is 259 g/mol. The van der Waals surface area contributed by atoms with E-state index in [0.29, 0.717) is 17.8 Å². The summed E-state index contributed by atoms with van der Waals surface area (Å²) in [5.74, 6) is -0.207. The molecule has 0 aliphatic carbocycles. The molecule has 0 saturated carbocycles. The fourth-order valence-corrected chi connectivity index (χ4v) is 2.34. The number of para-hydroxylation sites is 1. The van der Waals surface area contributed by atoms with Gasteiger partial charge in [0.05, 0.1) is 23.4 Å². The van der Waals surface area contributed by atoms with Crippen LogP contribution in [-0.2, 0) is 4.79 Å². The molecule has 1 aliphatic rings. The normalized spacial score (nSPS) is 22.1. The van der Waals surface area contributed by atoms with Crippen LogP contribution in [-0.4, -0.2) is 35.7 Å². The lowest BCUT2D eigenvalue weighted by Crippen LogP contribution is -2.66. The van der Waals surface area contributed by atoms with Crippen LogP contribution < -0.4 is 10.2 Å². The van der Waals surface area contributed by atoms with Gasteiger partial charge in [0.15, 0.2) is 0 Å². The molecule has 100 valence electrons. The predicted molar refractivity (Wildman–Crippen MR) is 71.6 cm³/mol. The SMILES string of the molecule is CC1(C)CNC(CO)C(=O)N1c1ccccc1C#N. The molecule has 2 rings (SSSR count). The molecule has 1 saturated heterocycles. The van der Waals surface area contributed by atoms with E-state index in [1.165, 1.54) is 0 Å². The van der Waals surface area contributed by atoms with Crippen molar-refractivity contribution in [1.82, 2.24) is 5.32 Å². The summed E-state index contributed by atoms with van der Waals surface area (Å²) >= 11 is 0. The van der Waals surface area contributed by atoms with Gasteiger partial charge in [-0.05, 0) is 26.0 Å². The second kappa shape index (κ2) is 5.00. The molecule has 5 heteroatoms. The van der Waals surface area contributed by atoms with Gasteiger partial charge < -0.3 is 15.3 Å². The van der Waals surface area contributed by atoms with Gasteiger partial charge >= 0.3 is 0 Å². The van der Waals surface area contributed by atoms with Crippen LogP contribution in [0.2, 0.25) is 0 Å². The van der Waals surface area contributed by atoms with E-state index in [1.807, 2.05) is 13.8 Å². The van der Waals surface area contributed by atoms with E-state index >= 15 is 0 Å². The minimum Gasteiger partial charge on any atom is -0.394 e. The molecule has 2 N–H and O–H groups in total. The summed E-state index contributed by atoms with van der Waals surface area (Å²) in [6, 6.07) is 8.52. The van der Waals surface area contributed by atoms with E-state index in [0.717, 1.165) is 0 Å². The third-order valence-corrected chi connectivity index (χ3v) is 3.35. The largest absolute Gasteiger partial charge is 0.394 e.